The number of ether oxygens (including phenoxy) is 2. The number of amides is 2. The second-order valence-electron chi connectivity index (χ2n) is 6.20. The van der Waals surface area contributed by atoms with Gasteiger partial charge in [-0.3, -0.25) is 14.5 Å². The van der Waals surface area contributed by atoms with Crippen LogP contribution >= 0.6 is 0 Å². The van der Waals surface area contributed by atoms with E-state index in [1.54, 1.807) is 38.5 Å². The number of nitrogens with one attached hydrogen (secondary N) is 1. The van der Waals surface area contributed by atoms with Gasteiger partial charge in [0.2, 0.25) is 11.8 Å². The Balaban J connectivity index is 2.02. The van der Waals surface area contributed by atoms with Gasteiger partial charge >= 0.3 is 0 Å². The highest BCUT2D eigenvalue weighted by molar-refractivity contribution is 5.96. The first-order valence-electron chi connectivity index (χ1n) is 8.47. The quantitative estimate of drug-likeness (QED) is 0.742. The first-order chi connectivity index (χ1) is 12.8. The molecule has 0 saturated carbocycles. The fourth-order valence-electron chi connectivity index (χ4n) is 2.55. The lowest BCUT2D eigenvalue weighted by atomic mass is 10.1. The Hall–Kier alpha value is -3.06. The number of nitrogens with two attached hydrogens (primary N) is 1. The number of carbonyl (C=O) groups excluding carboxylic acids is 2. The van der Waals surface area contributed by atoms with Gasteiger partial charge in [-0.2, -0.15) is 0 Å². The van der Waals surface area contributed by atoms with Crippen LogP contribution in [0.25, 0.3) is 0 Å². The molecule has 2 aromatic rings. The SMILES string of the molecule is COc1ccc(CN(C)[C@H](C)C(=O)Nc2ccc(C(N)=O)cc2)c(OC)c1. The molecule has 7 heteroatoms. The van der Waals surface area contributed by atoms with Crippen molar-refractivity contribution >= 4 is 17.5 Å². The molecule has 1 atom stereocenters. The minimum Gasteiger partial charge on any atom is -0.497 e. The van der Waals surface area contributed by atoms with Crippen molar-refractivity contribution in [3.05, 3.63) is 53.6 Å². The molecule has 0 aromatic heterocycles. The van der Waals surface area contributed by atoms with Gasteiger partial charge in [0.15, 0.2) is 0 Å². The second kappa shape index (κ2) is 9.05. The molecule has 7 nitrogen and oxygen atoms in total. The Kier molecular flexibility index (Phi) is 6.79. The van der Waals surface area contributed by atoms with E-state index in [1.807, 2.05) is 37.1 Å². The molecule has 0 fully saturated rings. The van der Waals surface area contributed by atoms with Crippen molar-refractivity contribution in [2.24, 2.45) is 5.73 Å². The van der Waals surface area contributed by atoms with Crippen LogP contribution in [0.4, 0.5) is 5.69 Å². The van der Waals surface area contributed by atoms with Gasteiger partial charge in [0, 0.05) is 29.4 Å². The zero-order chi connectivity index (χ0) is 20.0. The van der Waals surface area contributed by atoms with Crippen LogP contribution in [0.5, 0.6) is 11.5 Å². The van der Waals surface area contributed by atoms with E-state index < -0.39 is 5.91 Å². The molecule has 0 aliphatic carbocycles. The van der Waals surface area contributed by atoms with Crippen molar-refractivity contribution in [3.63, 3.8) is 0 Å². The highest BCUT2D eigenvalue weighted by Crippen LogP contribution is 2.26. The normalized spacial score (nSPS) is 11.7. The van der Waals surface area contributed by atoms with E-state index in [0.29, 0.717) is 29.3 Å². The summed E-state index contributed by atoms with van der Waals surface area (Å²) in [5, 5.41) is 2.84. The molecule has 2 rings (SSSR count). The topological polar surface area (TPSA) is 93.9 Å². The summed E-state index contributed by atoms with van der Waals surface area (Å²) < 4.78 is 10.6. The molecule has 144 valence electrons. The molecule has 0 bridgehead atoms. The molecular weight excluding hydrogens is 346 g/mol. The minimum atomic E-state index is -0.505. The van der Waals surface area contributed by atoms with Gasteiger partial charge in [-0.15, -0.1) is 0 Å². The summed E-state index contributed by atoms with van der Waals surface area (Å²) in [5.41, 5.74) is 7.16. The van der Waals surface area contributed by atoms with Gasteiger partial charge in [0.05, 0.1) is 20.3 Å². The molecular formula is C20H25N3O4. The fraction of sp³-hybridized carbons (Fsp3) is 0.300. The van der Waals surface area contributed by atoms with E-state index in [9.17, 15) is 9.59 Å². The van der Waals surface area contributed by atoms with Crippen LogP contribution in [0, 0.1) is 0 Å². The standard InChI is InChI=1S/C20H25N3O4/c1-13(20(25)22-16-8-5-14(6-9-16)19(21)24)23(2)12-15-7-10-17(26-3)11-18(15)27-4/h5-11,13H,12H2,1-4H3,(H2,21,24)(H,22,25)/t13-/m1/s1. The smallest absolute Gasteiger partial charge is 0.248 e. The van der Waals surface area contributed by atoms with E-state index >= 15 is 0 Å². The number of hydrogen-bond acceptors (Lipinski definition) is 5. The van der Waals surface area contributed by atoms with Crippen molar-refractivity contribution in [2.45, 2.75) is 19.5 Å². The van der Waals surface area contributed by atoms with Crippen LogP contribution in [0.1, 0.15) is 22.8 Å². The lowest BCUT2D eigenvalue weighted by Crippen LogP contribution is -2.39. The Morgan fingerprint density at radius 1 is 1.11 bits per heavy atom. The van der Waals surface area contributed by atoms with Crippen LogP contribution in [0.3, 0.4) is 0 Å². The summed E-state index contributed by atoms with van der Waals surface area (Å²) in [7, 11) is 5.07. The van der Waals surface area contributed by atoms with E-state index in [4.69, 9.17) is 15.2 Å². The molecule has 0 unspecified atom stereocenters. The van der Waals surface area contributed by atoms with E-state index in [2.05, 4.69) is 5.32 Å². The largest absolute Gasteiger partial charge is 0.497 e. The third-order valence-electron chi connectivity index (χ3n) is 4.39. The molecule has 0 saturated heterocycles. The average molecular weight is 371 g/mol. The predicted molar refractivity (Wildman–Crippen MR) is 104 cm³/mol. The van der Waals surface area contributed by atoms with Crippen LogP contribution in [-0.4, -0.2) is 44.0 Å². The highest BCUT2D eigenvalue weighted by atomic mass is 16.5. The van der Waals surface area contributed by atoms with Gasteiger partial charge < -0.3 is 20.5 Å². The average Bonchev–Trinajstić information content (AvgIpc) is 2.67. The van der Waals surface area contributed by atoms with Gasteiger partial charge in [-0.25, -0.2) is 0 Å². The Morgan fingerprint density at radius 2 is 1.78 bits per heavy atom. The summed E-state index contributed by atoms with van der Waals surface area (Å²) in [6, 6.07) is 11.7. The number of primary amides is 1. The number of carbonyl (C=O) groups is 2. The molecule has 0 spiro atoms. The number of methoxy groups -OCH3 is 2. The number of benzene rings is 2. The fourth-order valence-corrected chi connectivity index (χ4v) is 2.55. The van der Waals surface area contributed by atoms with Crippen LogP contribution in [-0.2, 0) is 11.3 Å². The van der Waals surface area contributed by atoms with Gasteiger partial charge in [-0.05, 0) is 44.3 Å². The van der Waals surface area contributed by atoms with Gasteiger partial charge in [0.1, 0.15) is 11.5 Å². The number of hydrogen-bond donors (Lipinski definition) is 2. The second-order valence-corrected chi connectivity index (χ2v) is 6.20. The predicted octanol–water partition coefficient (Wildman–Crippen LogP) is 2.26. The molecule has 0 aliphatic heterocycles. The van der Waals surface area contributed by atoms with Crippen molar-refractivity contribution in [3.8, 4) is 11.5 Å². The number of anilines is 1. The van der Waals surface area contributed by atoms with Crippen LogP contribution < -0.4 is 20.5 Å². The lowest BCUT2D eigenvalue weighted by molar-refractivity contribution is -0.120. The number of rotatable bonds is 8. The van der Waals surface area contributed by atoms with E-state index in [0.717, 1.165) is 5.56 Å². The van der Waals surface area contributed by atoms with Crippen molar-refractivity contribution in [1.29, 1.82) is 0 Å². The first-order valence-corrected chi connectivity index (χ1v) is 8.47. The molecule has 2 aromatic carbocycles. The summed E-state index contributed by atoms with van der Waals surface area (Å²) in [5.74, 6) is 0.755. The molecule has 3 N–H and O–H groups in total. The van der Waals surface area contributed by atoms with Crippen LogP contribution in [0.15, 0.2) is 42.5 Å². The number of likely N-dealkylation sites (N-methyl/N-ethyl adjacent to an activating group) is 1. The Bertz CT molecular complexity index is 805. The zero-order valence-corrected chi connectivity index (χ0v) is 16.0. The molecule has 0 aliphatic rings. The minimum absolute atomic E-state index is 0.156. The van der Waals surface area contributed by atoms with Crippen molar-refractivity contribution < 1.29 is 19.1 Å². The zero-order valence-electron chi connectivity index (χ0n) is 16.0. The maximum atomic E-state index is 12.5. The third-order valence-corrected chi connectivity index (χ3v) is 4.39. The van der Waals surface area contributed by atoms with E-state index in [1.165, 1.54) is 0 Å². The Labute approximate surface area is 159 Å². The van der Waals surface area contributed by atoms with Crippen molar-refractivity contribution in [1.82, 2.24) is 4.90 Å². The van der Waals surface area contributed by atoms with Crippen LogP contribution in [0.2, 0.25) is 0 Å². The van der Waals surface area contributed by atoms with E-state index in [-0.39, 0.29) is 11.9 Å². The van der Waals surface area contributed by atoms with Crippen molar-refractivity contribution in [2.75, 3.05) is 26.6 Å². The molecule has 0 heterocycles. The summed E-state index contributed by atoms with van der Waals surface area (Å²) in [6.07, 6.45) is 0. The van der Waals surface area contributed by atoms with Gasteiger partial charge in [-0.1, -0.05) is 6.07 Å². The lowest BCUT2D eigenvalue weighted by Gasteiger charge is -2.25. The molecule has 0 radical (unpaired) electrons. The Morgan fingerprint density at radius 3 is 2.33 bits per heavy atom. The summed E-state index contributed by atoms with van der Waals surface area (Å²) in [4.78, 5) is 25.5. The first kappa shape index (κ1) is 20.3. The highest BCUT2D eigenvalue weighted by Gasteiger charge is 2.20. The monoisotopic (exact) mass is 371 g/mol. The summed E-state index contributed by atoms with van der Waals surface area (Å²) >= 11 is 0. The maximum absolute atomic E-state index is 12.5. The third kappa shape index (κ3) is 5.21. The molecule has 27 heavy (non-hydrogen) atoms. The van der Waals surface area contributed by atoms with Gasteiger partial charge in [0.25, 0.3) is 0 Å². The molecule has 2 amide bonds. The number of nitrogens with zero attached hydrogens (tertiary/aromatic N) is 1. The maximum Gasteiger partial charge on any atom is 0.248 e. The summed E-state index contributed by atoms with van der Waals surface area (Å²) in [6.45, 7) is 2.35.